The molecule has 5 nitrogen and oxygen atoms in total. The average Bonchev–Trinajstić information content (AvgIpc) is 2.73. The lowest BCUT2D eigenvalue weighted by atomic mass is 9.72. The van der Waals surface area contributed by atoms with Crippen molar-refractivity contribution in [1.29, 1.82) is 0 Å². The van der Waals surface area contributed by atoms with Gasteiger partial charge in [-0.2, -0.15) is 0 Å². The van der Waals surface area contributed by atoms with E-state index in [9.17, 15) is 9.18 Å². The molecule has 3 atom stereocenters. The first-order chi connectivity index (χ1) is 13.6. The lowest BCUT2D eigenvalue weighted by molar-refractivity contribution is -0.00492. The highest BCUT2D eigenvalue weighted by molar-refractivity contribution is 9.10. The van der Waals surface area contributed by atoms with Crippen LogP contribution >= 0.6 is 15.9 Å². The van der Waals surface area contributed by atoms with Gasteiger partial charge in [-0.05, 0) is 65.2 Å². The van der Waals surface area contributed by atoms with Crippen LogP contribution in [0.15, 0.2) is 41.0 Å². The minimum Gasteiger partial charge on any atom is -0.493 e. The number of benzene rings is 1. The van der Waals surface area contributed by atoms with Gasteiger partial charge in [0.15, 0.2) is 11.6 Å². The predicted molar refractivity (Wildman–Crippen MR) is 106 cm³/mol. The largest absolute Gasteiger partial charge is 0.493 e. The van der Waals surface area contributed by atoms with Crippen LogP contribution < -0.4 is 9.47 Å². The molecule has 3 aliphatic rings. The summed E-state index contributed by atoms with van der Waals surface area (Å²) in [7, 11) is 1.39. The van der Waals surface area contributed by atoms with E-state index in [1.807, 2.05) is 17.0 Å². The van der Waals surface area contributed by atoms with Crippen LogP contribution in [0.2, 0.25) is 0 Å². The van der Waals surface area contributed by atoms with Crippen molar-refractivity contribution in [2.24, 2.45) is 11.8 Å². The van der Waals surface area contributed by atoms with Gasteiger partial charge in [-0.1, -0.05) is 6.07 Å². The zero-order valence-electron chi connectivity index (χ0n) is 15.6. The van der Waals surface area contributed by atoms with E-state index < -0.39 is 5.82 Å². The van der Waals surface area contributed by atoms with E-state index in [1.165, 1.54) is 13.2 Å². The van der Waals surface area contributed by atoms with E-state index in [2.05, 4.69) is 20.9 Å². The molecule has 1 aliphatic carbocycles. The molecule has 0 spiro atoms. The maximum atomic E-state index is 14.0. The van der Waals surface area contributed by atoms with Crippen molar-refractivity contribution in [3.05, 3.63) is 52.4 Å². The number of pyridine rings is 1. The van der Waals surface area contributed by atoms with Crippen molar-refractivity contribution >= 4 is 21.8 Å². The maximum Gasteiger partial charge on any atom is 0.257 e. The molecule has 2 aromatic rings. The molecule has 1 aromatic carbocycles. The molecular formula is C21H22BrFN2O3. The molecule has 3 heterocycles. The van der Waals surface area contributed by atoms with Gasteiger partial charge in [-0.15, -0.1) is 0 Å². The molecule has 2 bridgehead atoms. The van der Waals surface area contributed by atoms with Gasteiger partial charge in [0.05, 0.1) is 19.3 Å². The highest BCUT2D eigenvalue weighted by atomic mass is 79.9. The molecule has 0 N–H and O–H groups in total. The van der Waals surface area contributed by atoms with Gasteiger partial charge in [-0.3, -0.25) is 4.79 Å². The molecule has 0 radical (unpaired) electrons. The molecule has 1 saturated carbocycles. The lowest BCUT2D eigenvalue weighted by Gasteiger charge is -2.49. The number of carbonyl (C=O) groups is 1. The van der Waals surface area contributed by atoms with Crippen molar-refractivity contribution in [1.82, 2.24) is 9.88 Å². The van der Waals surface area contributed by atoms with Gasteiger partial charge in [0.25, 0.3) is 5.91 Å². The fourth-order valence-electron chi connectivity index (χ4n) is 4.36. The zero-order chi connectivity index (χ0) is 19.7. The van der Waals surface area contributed by atoms with Crippen molar-refractivity contribution in [2.75, 3.05) is 20.3 Å². The zero-order valence-corrected chi connectivity index (χ0v) is 17.2. The average molecular weight is 449 g/mol. The first-order valence-corrected chi connectivity index (χ1v) is 10.2. The number of rotatable bonds is 5. The second-order valence-electron chi connectivity index (χ2n) is 7.39. The van der Waals surface area contributed by atoms with E-state index in [4.69, 9.17) is 9.47 Å². The van der Waals surface area contributed by atoms with Crippen molar-refractivity contribution in [3.63, 3.8) is 0 Å². The van der Waals surface area contributed by atoms with Gasteiger partial charge in [0.1, 0.15) is 0 Å². The highest BCUT2D eigenvalue weighted by Crippen LogP contribution is 2.41. The molecule has 3 fully saturated rings. The Kier molecular flexibility index (Phi) is 5.53. The summed E-state index contributed by atoms with van der Waals surface area (Å²) in [4.78, 5) is 19.2. The Balaban J connectivity index is 1.43. The number of nitrogens with zero attached hydrogens (tertiary/aromatic N) is 2. The summed E-state index contributed by atoms with van der Waals surface area (Å²) in [5.41, 5.74) is 0.293. The Bertz CT molecular complexity index is 861. The van der Waals surface area contributed by atoms with E-state index >= 15 is 0 Å². The summed E-state index contributed by atoms with van der Waals surface area (Å²) >= 11 is 3.37. The molecule has 1 amide bonds. The number of hydrogen-bond acceptors (Lipinski definition) is 4. The van der Waals surface area contributed by atoms with Crippen molar-refractivity contribution < 1.29 is 18.7 Å². The Morgan fingerprint density at radius 2 is 2.18 bits per heavy atom. The number of aromatic nitrogens is 1. The van der Waals surface area contributed by atoms with Crippen LogP contribution in [-0.2, 0) is 0 Å². The number of piperidine rings is 2. The smallest absolute Gasteiger partial charge is 0.257 e. The van der Waals surface area contributed by atoms with Gasteiger partial charge >= 0.3 is 0 Å². The third-order valence-electron chi connectivity index (χ3n) is 5.79. The van der Waals surface area contributed by atoms with Crippen LogP contribution in [0.25, 0.3) is 0 Å². The minimum absolute atomic E-state index is 0.0233. The van der Waals surface area contributed by atoms with Gasteiger partial charge < -0.3 is 14.4 Å². The minimum atomic E-state index is -0.510. The molecule has 5 rings (SSSR count). The summed E-state index contributed by atoms with van der Waals surface area (Å²) in [6, 6.07) is 8.39. The fraction of sp³-hybridized carbons (Fsp3) is 0.429. The molecule has 2 aliphatic heterocycles. The molecule has 7 heteroatoms. The molecule has 28 heavy (non-hydrogen) atoms. The standard InChI is InChI=1S/C21H22BrFN2O3/c1-27-20-17(3-2-4-18(20)23)21(26)25-11-13-5-7-16(25)9-14(13)12-28-19-8-6-15(22)10-24-19/h2-4,6,8,10,13-14,16H,5,7,9,11-12H2,1H3. The number of amides is 1. The number of fused-ring (bicyclic) bond motifs is 3. The Morgan fingerprint density at radius 1 is 1.32 bits per heavy atom. The van der Waals surface area contributed by atoms with E-state index in [0.717, 1.165) is 23.7 Å². The third-order valence-corrected chi connectivity index (χ3v) is 6.26. The monoisotopic (exact) mass is 448 g/mol. The maximum absolute atomic E-state index is 14.0. The van der Waals surface area contributed by atoms with E-state index in [0.29, 0.717) is 36.4 Å². The number of ether oxygens (including phenoxy) is 2. The van der Waals surface area contributed by atoms with Crippen LogP contribution in [0.4, 0.5) is 4.39 Å². The number of para-hydroxylation sites is 1. The summed E-state index contributed by atoms with van der Waals surface area (Å²) in [6.07, 6.45) is 4.66. The summed E-state index contributed by atoms with van der Waals surface area (Å²) in [5, 5.41) is 0. The highest BCUT2D eigenvalue weighted by Gasteiger charge is 2.43. The third kappa shape index (κ3) is 3.72. The van der Waals surface area contributed by atoms with E-state index in [-0.39, 0.29) is 17.7 Å². The van der Waals surface area contributed by atoms with Gasteiger partial charge in [-0.25, -0.2) is 9.37 Å². The quantitative estimate of drug-likeness (QED) is 0.683. The summed E-state index contributed by atoms with van der Waals surface area (Å²) < 4.78 is 25.9. The van der Waals surface area contributed by atoms with Gasteiger partial charge in [0.2, 0.25) is 5.88 Å². The summed E-state index contributed by atoms with van der Waals surface area (Å²) in [5.74, 6) is 0.743. The van der Waals surface area contributed by atoms with Crippen LogP contribution in [0, 0.1) is 17.7 Å². The number of carbonyl (C=O) groups excluding carboxylic acids is 1. The molecule has 2 saturated heterocycles. The first-order valence-electron chi connectivity index (χ1n) is 9.44. The van der Waals surface area contributed by atoms with Crippen LogP contribution in [0.5, 0.6) is 11.6 Å². The molecule has 1 aromatic heterocycles. The Labute approximate surface area is 172 Å². The summed E-state index contributed by atoms with van der Waals surface area (Å²) in [6.45, 7) is 1.27. The predicted octanol–water partition coefficient (Wildman–Crippen LogP) is 4.31. The topological polar surface area (TPSA) is 51.7 Å². The Morgan fingerprint density at radius 3 is 2.86 bits per heavy atom. The number of methoxy groups -OCH3 is 1. The van der Waals surface area contributed by atoms with Crippen LogP contribution in [0.1, 0.15) is 29.6 Å². The second kappa shape index (κ2) is 8.07. The lowest BCUT2D eigenvalue weighted by Crippen LogP contribution is -2.55. The molecule has 148 valence electrons. The van der Waals surface area contributed by atoms with Crippen molar-refractivity contribution in [3.8, 4) is 11.6 Å². The molecular weight excluding hydrogens is 427 g/mol. The van der Waals surface area contributed by atoms with Crippen molar-refractivity contribution in [2.45, 2.75) is 25.3 Å². The fourth-order valence-corrected chi connectivity index (χ4v) is 4.59. The first kappa shape index (κ1) is 19.2. The van der Waals surface area contributed by atoms with Gasteiger partial charge in [0, 0.05) is 29.3 Å². The second-order valence-corrected chi connectivity index (χ2v) is 8.31. The van der Waals surface area contributed by atoms with Crippen LogP contribution in [-0.4, -0.2) is 42.1 Å². The number of halogens is 2. The number of hydrogen-bond donors (Lipinski definition) is 0. The Hall–Kier alpha value is -2.15. The van der Waals surface area contributed by atoms with E-state index in [1.54, 1.807) is 18.3 Å². The normalized spacial score (nSPS) is 23.5. The SMILES string of the molecule is COc1c(F)cccc1C(=O)N1CC2CCC1CC2COc1ccc(Br)cn1. The molecule has 3 unspecified atom stereocenters. The van der Waals surface area contributed by atoms with Crippen LogP contribution in [0.3, 0.4) is 0 Å².